The van der Waals surface area contributed by atoms with Crippen LogP contribution < -0.4 is 0 Å². The summed E-state index contributed by atoms with van der Waals surface area (Å²) in [5.41, 5.74) is 0.702. The fraction of sp³-hybridized carbons (Fsp3) is 0.143. The molecule has 0 saturated heterocycles. The van der Waals surface area contributed by atoms with Gasteiger partial charge in [0.2, 0.25) is 10.0 Å². The van der Waals surface area contributed by atoms with Gasteiger partial charge < -0.3 is 0 Å². The van der Waals surface area contributed by atoms with E-state index in [0.29, 0.717) is 10.6 Å². The second-order valence-electron chi connectivity index (χ2n) is 4.40. The molecule has 112 valence electrons. The molecule has 21 heavy (non-hydrogen) atoms. The van der Waals surface area contributed by atoms with Crippen molar-refractivity contribution in [2.75, 3.05) is 7.05 Å². The molecule has 0 aromatic heterocycles. The van der Waals surface area contributed by atoms with Crippen molar-refractivity contribution >= 4 is 44.8 Å². The van der Waals surface area contributed by atoms with Crippen molar-refractivity contribution in [3.8, 4) is 0 Å². The van der Waals surface area contributed by atoms with Crippen LogP contribution in [0, 0.1) is 0 Å². The Morgan fingerprint density at radius 3 is 2.00 bits per heavy atom. The molecule has 0 unspecified atom stereocenters. The van der Waals surface area contributed by atoms with E-state index < -0.39 is 10.0 Å². The molecule has 0 spiro atoms. The Balaban J connectivity index is 2.38. The lowest BCUT2D eigenvalue weighted by molar-refractivity contribution is 0.467. The van der Waals surface area contributed by atoms with Crippen molar-refractivity contribution < 1.29 is 8.42 Å². The molecular weight excluding hydrogens is 353 g/mol. The van der Waals surface area contributed by atoms with Crippen LogP contribution in [0.25, 0.3) is 0 Å². The molecule has 7 heteroatoms. The molecule has 0 bridgehead atoms. The Labute approximate surface area is 139 Å². The highest BCUT2D eigenvalue weighted by atomic mass is 35.5. The highest BCUT2D eigenvalue weighted by molar-refractivity contribution is 7.89. The van der Waals surface area contributed by atoms with Gasteiger partial charge in [0, 0.05) is 18.6 Å². The zero-order valence-corrected chi connectivity index (χ0v) is 14.1. The van der Waals surface area contributed by atoms with Crippen LogP contribution in [0.1, 0.15) is 5.56 Å². The van der Waals surface area contributed by atoms with E-state index in [1.807, 2.05) is 0 Å². The van der Waals surface area contributed by atoms with Crippen LogP contribution in [-0.2, 0) is 16.6 Å². The van der Waals surface area contributed by atoms with Crippen LogP contribution in [0.3, 0.4) is 0 Å². The number of hydrogen-bond donors (Lipinski definition) is 0. The largest absolute Gasteiger partial charge is 0.246 e. The Kier molecular flexibility index (Phi) is 5.17. The van der Waals surface area contributed by atoms with Gasteiger partial charge in [-0.1, -0.05) is 59.1 Å². The second kappa shape index (κ2) is 6.55. The van der Waals surface area contributed by atoms with Crippen molar-refractivity contribution in [2.24, 2.45) is 0 Å². The van der Waals surface area contributed by atoms with E-state index in [4.69, 9.17) is 34.8 Å². The van der Waals surface area contributed by atoms with Crippen LogP contribution in [0.15, 0.2) is 47.4 Å². The smallest absolute Gasteiger partial charge is 0.207 e. The maximum absolute atomic E-state index is 12.6. The van der Waals surface area contributed by atoms with Crippen molar-refractivity contribution in [3.05, 3.63) is 63.1 Å². The molecule has 0 fully saturated rings. The molecule has 0 radical (unpaired) electrons. The fourth-order valence-electron chi connectivity index (χ4n) is 1.84. The SMILES string of the molecule is CN(Cc1ccccc1Cl)S(=O)(=O)c1c(Cl)cccc1Cl. The molecule has 2 rings (SSSR count). The molecule has 2 aromatic carbocycles. The second-order valence-corrected chi connectivity index (χ2v) is 7.61. The first-order valence-corrected chi connectivity index (χ1v) is 8.55. The normalized spacial score (nSPS) is 11.9. The van der Waals surface area contributed by atoms with Crippen LogP contribution in [0.5, 0.6) is 0 Å². The molecule has 0 aliphatic carbocycles. The average molecular weight is 365 g/mol. The summed E-state index contributed by atoms with van der Waals surface area (Å²) in [6, 6.07) is 11.6. The monoisotopic (exact) mass is 363 g/mol. The fourth-order valence-corrected chi connectivity index (χ4v) is 4.26. The Hall–Kier alpha value is -0.780. The van der Waals surface area contributed by atoms with Gasteiger partial charge in [0.1, 0.15) is 4.90 Å². The first-order valence-electron chi connectivity index (χ1n) is 5.98. The number of sulfonamides is 1. The molecule has 0 aliphatic heterocycles. The summed E-state index contributed by atoms with van der Waals surface area (Å²) >= 11 is 18.0. The first kappa shape index (κ1) is 16.6. The van der Waals surface area contributed by atoms with E-state index >= 15 is 0 Å². The number of rotatable bonds is 4. The summed E-state index contributed by atoms with van der Waals surface area (Å²) in [6.07, 6.45) is 0. The summed E-state index contributed by atoms with van der Waals surface area (Å²) < 4.78 is 26.4. The van der Waals surface area contributed by atoms with E-state index in [-0.39, 0.29) is 21.5 Å². The topological polar surface area (TPSA) is 37.4 Å². The van der Waals surface area contributed by atoms with E-state index in [2.05, 4.69) is 0 Å². The average Bonchev–Trinajstić information content (AvgIpc) is 2.40. The quantitative estimate of drug-likeness (QED) is 0.803. The van der Waals surface area contributed by atoms with Gasteiger partial charge in [0.15, 0.2) is 0 Å². The third kappa shape index (κ3) is 3.52. The zero-order chi connectivity index (χ0) is 15.6. The third-order valence-electron chi connectivity index (χ3n) is 2.94. The maximum atomic E-state index is 12.6. The summed E-state index contributed by atoms with van der Waals surface area (Å²) in [5.74, 6) is 0. The Morgan fingerprint density at radius 1 is 0.905 bits per heavy atom. The number of hydrogen-bond acceptors (Lipinski definition) is 2. The standard InChI is InChI=1S/C14H12Cl3NO2S/c1-18(9-10-5-2-3-6-11(10)15)21(19,20)14-12(16)7-4-8-13(14)17/h2-8H,9H2,1H3. The highest BCUT2D eigenvalue weighted by Crippen LogP contribution is 2.32. The molecule has 0 saturated carbocycles. The Bertz CT molecular complexity index is 742. The first-order chi connectivity index (χ1) is 9.84. The van der Waals surface area contributed by atoms with Gasteiger partial charge in [-0.2, -0.15) is 4.31 Å². The number of halogens is 3. The molecule has 0 atom stereocenters. The molecule has 0 amide bonds. The van der Waals surface area contributed by atoms with Crippen molar-refractivity contribution in [3.63, 3.8) is 0 Å². The molecule has 0 aliphatic rings. The summed E-state index contributed by atoms with van der Waals surface area (Å²) in [6.45, 7) is 0.129. The van der Waals surface area contributed by atoms with Gasteiger partial charge in [-0.25, -0.2) is 8.42 Å². The van der Waals surface area contributed by atoms with Gasteiger partial charge >= 0.3 is 0 Å². The van der Waals surface area contributed by atoms with Gasteiger partial charge in [-0.15, -0.1) is 0 Å². The molecule has 2 aromatic rings. The summed E-state index contributed by atoms with van der Waals surface area (Å²) in [4.78, 5) is -0.0945. The molecule has 0 heterocycles. The van der Waals surface area contributed by atoms with E-state index in [0.717, 1.165) is 0 Å². The minimum atomic E-state index is -3.80. The van der Waals surface area contributed by atoms with Crippen LogP contribution in [-0.4, -0.2) is 19.8 Å². The minimum Gasteiger partial charge on any atom is -0.207 e. The lowest BCUT2D eigenvalue weighted by atomic mass is 10.2. The predicted octanol–water partition coefficient (Wildman–Crippen LogP) is 4.47. The third-order valence-corrected chi connectivity index (χ3v) is 6.07. The summed E-state index contributed by atoms with van der Waals surface area (Å²) in [5, 5.41) is 0.687. The van der Waals surface area contributed by atoms with Crippen LogP contribution in [0.4, 0.5) is 0 Å². The Morgan fingerprint density at radius 2 is 1.43 bits per heavy atom. The molecule has 3 nitrogen and oxygen atoms in total. The number of nitrogens with zero attached hydrogens (tertiary/aromatic N) is 1. The van der Waals surface area contributed by atoms with Crippen molar-refractivity contribution in [2.45, 2.75) is 11.4 Å². The van der Waals surface area contributed by atoms with E-state index in [9.17, 15) is 8.42 Å². The van der Waals surface area contributed by atoms with Crippen LogP contribution in [0.2, 0.25) is 15.1 Å². The number of benzene rings is 2. The lowest BCUT2D eigenvalue weighted by Crippen LogP contribution is -2.27. The molecule has 0 N–H and O–H groups in total. The predicted molar refractivity (Wildman–Crippen MR) is 86.6 cm³/mol. The maximum Gasteiger partial charge on any atom is 0.246 e. The van der Waals surface area contributed by atoms with Gasteiger partial charge in [0.05, 0.1) is 10.0 Å². The highest BCUT2D eigenvalue weighted by Gasteiger charge is 2.26. The van der Waals surface area contributed by atoms with Crippen molar-refractivity contribution in [1.29, 1.82) is 0 Å². The zero-order valence-electron chi connectivity index (χ0n) is 11.1. The lowest BCUT2D eigenvalue weighted by Gasteiger charge is -2.19. The van der Waals surface area contributed by atoms with Gasteiger partial charge in [0.25, 0.3) is 0 Å². The van der Waals surface area contributed by atoms with E-state index in [1.165, 1.54) is 23.5 Å². The van der Waals surface area contributed by atoms with Crippen molar-refractivity contribution in [1.82, 2.24) is 4.31 Å². The van der Waals surface area contributed by atoms with Gasteiger partial charge in [-0.3, -0.25) is 0 Å². The van der Waals surface area contributed by atoms with Gasteiger partial charge in [-0.05, 0) is 23.8 Å². The minimum absolute atomic E-state index is 0.0912. The molecular formula is C14H12Cl3NO2S. The summed E-state index contributed by atoms with van der Waals surface area (Å²) in [7, 11) is -2.35. The van der Waals surface area contributed by atoms with Crippen LogP contribution >= 0.6 is 34.8 Å². The van der Waals surface area contributed by atoms with E-state index in [1.54, 1.807) is 30.3 Å².